The summed E-state index contributed by atoms with van der Waals surface area (Å²) in [6.45, 7) is 3.35. The van der Waals surface area contributed by atoms with Gasteiger partial charge in [0.25, 0.3) is 5.91 Å². The number of nitrogens with two attached hydrogens (primary N) is 1. The van der Waals surface area contributed by atoms with Crippen molar-refractivity contribution < 1.29 is 13.2 Å². The topological polar surface area (TPSA) is 95.7 Å². The summed E-state index contributed by atoms with van der Waals surface area (Å²) >= 11 is 8.07. The average Bonchev–Trinajstić information content (AvgIpc) is 3.13. The molecule has 2 fully saturated rings. The Morgan fingerprint density at radius 2 is 1.81 bits per heavy atom. The highest BCUT2D eigenvalue weighted by Gasteiger charge is 2.46. The number of carbonyl (C=O) groups excluding carboxylic acids is 1. The Bertz CT molecular complexity index is 1120. The van der Waals surface area contributed by atoms with E-state index in [1.54, 1.807) is 16.5 Å². The van der Waals surface area contributed by atoms with Gasteiger partial charge in [0.15, 0.2) is 0 Å². The van der Waals surface area contributed by atoms with Crippen LogP contribution in [0.2, 0.25) is 0 Å². The number of hydrogen-bond acceptors (Lipinski definition) is 6. The number of nitrogens with one attached hydrogen (secondary N) is 1. The summed E-state index contributed by atoms with van der Waals surface area (Å²) in [6, 6.07) is 10.3. The van der Waals surface area contributed by atoms with Crippen LogP contribution in [-0.2, 0) is 21.4 Å². The Hall–Kier alpha value is -1.78. The van der Waals surface area contributed by atoms with Crippen molar-refractivity contribution in [2.45, 2.75) is 23.5 Å². The third kappa shape index (κ3) is 4.12. The summed E-state index contributed by atoms with van der Waals surface area (Å²) in [5, 5.41) is 3.85. The molecule has 0 saturated carbocycles. The van der Waals surface area contributed by atoms with Gasteiger partial charge in [0.05, 0.1) is 4.91 Å². The maximum atomic E-state index is 13.8. The fourth-order valence-electron chi connectivity index (χ4n) is 4.95. The van der Waals surface area contributed by atoms with Gasteiger partial charge < -0.3 is 11.1 Å². The normalized spacial score (nSPS) is 28.6. The Morgan fingerprint density at radius 3 is 2.47 bits per heavy atom. The van der Waals surface area contributed by atoms with E-state index in [2.05, 4.69) is 22.3 Å². The molecule has 0 aromatic heterocycles. The van der Waals surface area contributed by atoms with Gasteiger partial charge in [0.2, 0.25) is 10.0 Å². The average molecular weight is 493 g/mol. The molecule has 10 heteroatoms. The zero-order valence-corrected chi connectivity index (χ0v) is 19.8. The van der Waals surface area contributed by atoms with Crippen molar-refractivity contribution in [3.05, 3.63) is 69.4 Å². The Kier molecular flexibility index (Phi) is 5.88. The fraction of sp³-hybridized carbons (Fsp3) is 0.409. The highest BCUT2D eigenvalue weighted by atomic mass is 35.5. The lowest BCUT2D eigenvalue weighted by Gasteiger charge is -2.45. The monoisotopic (exact) mass is 492 g/mol. The molecule has 2 saturated heterocycles. The van der Waals surface area contributed by atoms with Crippen molar-refractivity contribution in [1.29, 1.82) is 0 Å². The first-order valence-corrected chi connectivity index (χ1v) is 13.4. The lowest BCUT2D eigenvalue weighted by Crippen LogP contribution is -2.56. The molecular weight excluding hydrogens is 468 g/mol. The van der Waals surface area contributed by atoms with E-state index < -0.39 is 21.8 Å². The summed E-state index contributed by atoms with van der Waals surface area (Å²) in [7, 11) is -3.88. The van der Waals surface area contributed by atoms with Crippen LogP contribution in [0.4, 0.5) is 0 Å². The summed E-state index contributed by atoms with van der Waals surface area (Å²) in [4.78, 5) is 14.6. The molecule has 0 spiro atoms. The quantitative estimate of drug-likeness (QED) is 0.652. The zero-order chi connectivity index (χ0) is 22.5. The van der Waals surface area contributed by atoms with E-state index in [1.165, 1.54) is 5.56 Å². The van der Waals surface area contributed by atoms with Gasteiger partial charge in [0, 0.05) is 59.9 Å². The molecular formula is C22H25ClN4O3S2. The van der Waals surface area contributed by atoms with Gasteiger partial charge in [-0.3, -0.25) is 9.69 Å². The van der Waals surface area contributed by atoms with E-state index in [9.17, 15) is 13.2 Å². The molecule has 3 heterocycles. The number of thioether (sulfide) groups is 1. The predicted octanol–water partition coefficient (Wildman–Crippen LogP) is 1.94. The number of fused-ring (bicyclic) bond motifs is 3. The molecule has 3 atom stereocenters. The standard InChI is InChI=1S/C22H25ClN4O3S2/c23-15-6-7-19-18(8-15)21(20(25-19)22(24)28)32(29,30)27-12-16-10-26(11-17(13-27)31-16)9-14-4-2-1-3-5-14/h1-7,16-18,25H,8-13H2,(H2,24,28). The number of hydrogen-bond donors (Lipinski definition) is 2. The second-order valence-corrected chi connectivity index (χ2v) is 12.6. The highest BCUT2D eigenvalue weighted by Crippen LogP contribution is 2.43. The van der Waals surface area contributed by atoms with Crippen molar-refractivity contribution in [3.8, 4) is 0 Å². The van der Waals surface area contributed by atoms with Crippen LogP contribution in [0.1, 0.15) is 12.0 Å². The molecule has 7 nitrogen and oxygen atoms in total. The molecule has 0 radical (unpaired) electrons. The van der Waals surface area contributed by atoms with Crippen molar-refractivity contribution in [3.63, 3.8) is 0 Å². The van der Waals surface area contributed by atoms with Gasteiger partial charge in [-0.15, -0.1) is 11.8 Å². The van der Waals surface area contributed by atoms with Crippen molar-refractivity contribution in [2.75, 3.05) is 26.2 Å². The van der Waals surface area contributed by atoms with Gasteiger partial charge in [-0.1, -0.05) is 41.9 Å². The molecule has 1 aromatic carbocycles. The lowest BCUT2D eigenvalue weighted by molar-refractivity contribution is -0.114. The van der Waals surface area contributed by atoms with Gasteiger partial charge in [-0.05, 0) is 24.1 Å². The molecule has 4 aliphatic rings. The van der Waals surface area contributed by atoms with Crippen molar-refractivity contribution >= 4 is 39.3 Å². The molecule has 1 aliphatic carbocycles. The Labute approximate surface area is 197 Å². The first-order valence-electron chi connectivity index (χ1n) is 10.6. The number of sulfonamides is 1. The summed E-state index contributed by atoms with van der Waals surface area (Å²) in [5.41, 5.74) is 7.44. The number of allylic oxidation sites excluding steroid dienone is 4. The minimum Gasteiger partial charge on any atom is -0.364 e. The summed E-state index contributed by atoms with van der Waals surface area (Å²) in [6.07, 6.45) is 3.79. The van der Waals surface area contributed by atoms with E-state index in [0.717, 1.165) is 19.6 Å². The second-order valence-electron chi connectivity index (χ2n) is 8.60. The minimum absolute atomic E-state index is 0.0323. The van der Waals surface area contributed by atoms with E-state index in [4.69, 9.17) is 17.3 Å². The summed E-state index contributed by atoms with van der Waals surface area (Å²) in [5.74, 6) is -1.26. The van der Waals surface area contributed by atoms with Crippen LogP contribution in [0.15, 0.2) is 63.8 Å². The summed E-state index contributed by atoms with van der Waals surface area (Å²) < 4.78 is 29.1. The molecule has 3 N–H and O–H groups in total. The van der Waals surface area contributed by atoms with Crippen LogP contribution in [0.5, 0.6) is 0 Å². The number of benzene rings is 1. The van der Waals surface area contributed by atoms with E-state index in [-0.39, 0.29) is 21.1 Å². The maximum absolute atomic E-state index is 13.8. The van der Waals surface area contributed by atoms with Crippen LogP contribution >= 0.6 is 23.4 Å². The fourth-order valence-corrected chi connectivity index (χ4v) is 9.04. The zero-order valence-electron chi connectivity index (χ0n) is 17.4. The predicted molar refractivity (Wildman–Crippen MR) is 127 cm³/mol. The molecule has 5 rings (SSSR count). The Balaban J connectivity index is 1.36. The number of carbonyl (C=O) groups is 1. The number of nitrogens with zero attached hydrogens (tertiary/aromatic N) is 2. The van der Waals surface area contributed by atoms with Crippen LogP contribution < -0.4 is 11.1 Å². The smallest absolute Gasteiger partial charge is 0.266 e. The van der Waals surface area contributed by atoms with Gasteiger partial charge >= 0.3 is 0 Å². The van der Waals surface area contributed by atoms with Crippen molar-refractivity contribution in [1.82, 2.24) is 14.5 Å². The first kappa shape index (κ1) is 22.0. The highest BCUT2D eigenvalue weighted by molar-refractivity contribution is 8.01. The molecule has 170 valence electrons. The van der Waals surface area contributed by atoms with Crippen LogP contribution in [-0.4, -0.2) is 60.2 Å². The Morgan fingerprint density at radius 1 is 1.12 bits per heavy atom. The first-order chi connectivity index (χ1) is 15.3. The number of amides is 1. The number of rotatable bonds is 5. The SMILES string of the molecule is NC(=O)C1=C(S(=O)(=O)N2CC3CN(Cc4ccccc4)CC(C2)S3)C2CC(Cl)=CC=C2N1. The van der Waals surface area contributed by atoms with Crippen LogP contribution in [0.3, 0.4) is 0 Å². The molecule has 2 bridgehead atoms. The van der Waals surface area contributed by atoms with Crippen LogP contribution in [0.25, 0.3) is 0 Å². The third-order valence-corrected chi connectivity index (χ3v) is 9.96. The number of halogens is 1. The molecule has 1 amide bonds. The lowest BCUT2D eigenvalue weighted by atomic mass is 9.98. The number of primary amides is 1. The third-order valence-electron chi connectivity index (χ3n) is 6.29. The van der Waals surface area contributed by atoms with Gasteiger partial charge in [-0.2, -0.15) is 4.31 Å². The second kappa shape index (κ2) is 8.53. The molecule has 3 aliphatic heterocycles. The van der Waals surface area contributed by atoms with Crippen LogP contribution in [0, 0.1) is 5.92 Å². The van der Waals surface area contributed by atoms with E-state index in [1.807, 2.05) is 30.0 Å². The van der Waals surface area contributed by atoms with E-state index >= 15 is 0 Å². The van der Waals surface area contributed by atoms with Gasteiger partial charge in [-0.25, -0.2) is 8.42 Å². The van der Waals surface area contributed by atoms with Gasteiger partial charge in [0.1, 0.15) is 5.70 Å². The van der Waals surface area contributed by atoms with Crippen molar-refractivity contribution in [2.24, 2.45) is 11.7 Å². The van der Waals surface area contributed by atoms with E-state index in [0.29, 0.717) is 30.2 Å². The molecule has 32 heavy (non-hydrogen) atoms. The largest absolute Gasteiger partial charge is 0.364 e. The minimum atomic E-state index is -3.88. The maximum Gasteiger partial charge on any atom is 0.266 e. The molecule has 1 aromatic rings. The molecule has 3 unspecified atom stereocenters.